The summed E-state index contributed by atoms with van der Waals surface area (Å²) >= 11 is 0. The summed E-state index contributed by atoms with van der Waals surface area (Å²) in [5, 5.41) is 2.55. The molecule has 0 saturated carbocycles. The summed E-state index contributed by atoms with van der Waals surface area (Å²) in [6, 6.07) is 12.1. The minimum Gasteiger partial charge on any atom is -0.493 e. The fourth-order valence-electron chi connectivity index (χ4n) is 2.42. The van der Waals surface area contributed by atoms with Crippen molar-refractivity contribution in [1.29, 1.82) is 0 Å². The number of hydroxylamine groups is 1. The molecule has 0 unspecified atom stereocenters. The molecule has 2 N–H and O–H groups in total. The van der Waals surface area contributed by atoms with E-state index in [0.717, 1.165) is 0 Å². The number of hydrogen-bond donors (Lipinski definition) is 2. The number of rotatable bonds is 11. The zero-order valence-electron chi connectivity index (χ0n) is 18.1. The molecule has 0 aromatic heterocycles. The second-order valence-electron chi connectivity index (χ2n) is 7.05. The molecule has 0 atom stereocenters. The van der Waals surface area contributed by atoms with Gasteiger partial charge < -0.3 is 14.8 Å². The summed E-state index contributed by atoms with van der Waals surface area (Å²) in [5.41, 5.74) is 2.92. The van der Waals surface area contributed by atoms with Crippen molar-refractivity contribution in [2.24, 2.45) is 5.92 Å². The Morgan fingerprint density at radius 1 is 1.00 bits per heavy atom. The minimum absolute atomic E-state index is 0.0266. The van der Waals surface area contributed by atoms with Crippen molar-refractivity contribution in [3.63, 3.8) is 0 Å². The summed E-state index contributed by atoms with van der Waals surface area (Å²) in [5.74, 6) is -0.223. The van der Waals surface area contributed by atoms with Crippen LogP contribution in [0.15, 0.2) is 54.2 Å². The number of benzene rings is 2. The summed E-state index contributed by atoms with van der Waals surface area (Å²) in [6.45, 7) is 3.59. The van der Waals surface area contributed by atoms with Crippen LogP contribution in [0.5, 0.6) is 11.5 Å². The number of alkyl halides is 2. The predicted octanol–water partition coefficient (Wildman–Crippen LogP) is 4.16. The maximum Gasteiger partial charge on any atom is 0.387 e. The van der Waals surface area contributed by atoms with Gasteiger partial charge in [-0.3, -0.25) is 14.4 Å². The van der Waals surface area contributed by atoms with Gasteiger partial charge in [-0.15, -0.1) is 0 Å². The van der Waals surface area contributed by atoms with Gasteiger partial charge in [-0.2, -0.15) is 8.78 Å². The lowest BCUT2D eigenvalue weighted by atomic mass is 10.1. The van der Waals surface area contributed by atoms with Crippen molar-refractivity contribution >= 4 is 17.9 Å². The summed E-state index contributed by atoms with van der Waals surface area (Å²) < 4.78 is 34.5. The fourth-order valence-corrected chi connectivity index (χ4v) is 2.42. The molecule has 2 aromatic carbocycles. The second kappa shape index (κ2) is 12.4. The van der Waals surface area contributed by atoms with E-state index < -0.39 is 18.4 Å². The van der Waals surface area contributed by atoms with Crippen LogP contribution in [-0.4, -0.2) is 31.6 Å². The smallest absolute Gasteiger partial charge is 0.387 e. The molecule has 0 aliphatic carbocycles. The molecule has 2 aromatic rings. The Morgan fingerprint density at radius 3 is 2.19 bits per heavy atom. The Bertz CT molecular complexity index is 913. The van der Waals surface area contributed by atoms with E-state index in [9.17, 15) is 18.4 Å². The van der Waals surface area contributed by atoms with Gasteiger partial charge in [-0.25, -0.2) is 5.48 Å². The molecular weight excluding hydrogens is 422 g/mol. The second-order valence-corrected chi connectivity index (χ2v) is 7.05. The molecule has 172 valence electrons. The Hall–Kier alpha value is -3.46. The lowest BCUT2D eigenvalue weighted by molar-refractivity contribution is -0.129. The van der Waals surface area contributed by atoms with Gasteiger partial charge in [0.15, 0.2) is 0 Å². The largest absolute Gasteiger partial charge is 0.493 e. The van der Waals surface area contributed by atoms with Crippen LogP contribution in [0.3, 0.4) is 0 Å². The highest BCUT2D eigenvalue weighted by atomic mass is 19.3. The fraction of sp³-hybridized carbons (Fsp3) is 0.304. The van der Waals surface area contributed by atoms with E-state index in [1.165, 1.54) is 30.3 Å². The first-order chi connectivity index (χ1) is 15.3. The van der Waals surface area contributed by atoms with E-state index in [4.69, 9.17) is 9.57 Å². The predicted molar refractivity (Wildman–Crippen MR) is 115 cm³/mol. The number of amides is 2. The first-order valence-electron chi connectivity index (χ1n) is 10.0. The zero-order chi connectivity index (χ0) is 23.5. The highest BCUT2D eigenvalue weighted by molar-refractivity contribution is 6.05. The Morgan fingerprint density at radius 2 is 1.62 bits per heavy atom. The molecule has 2 rings (SSSR count). The third kappa shape index (κ3) is 8.35. The number of halogens is 2. The quantitative estimate of drug-likeness (QED) is 0.398. The van der Waals surface area contributed by atoms with Crippen molar-refractivity contribution in [3.8, 4) is 11.5 Å². The topological polar surface area (TPSA) is 85.9 Å². The molecule has 0 saturated heterocycles. The van der Waals surface area contributed by atoms with Crippen LogP contribution in [0, 0.1) is 5.92 Å². The molecular formula is C23H26F2N2O5. The van der Waals surface area contributed by atoms with Gasteiger partial charge in [0.2, 0.25) is 0 Å². The van der Waals surface area contributed by atoms with Gasteiger partial charge in [-0.05, 0) is 60.9 Å². The minimum atomic E-state index is -2.94. The SMILES string of the molecule is CCONC(=O)/C(=C/c1ccc(OC(F)F)cc1)NC(=O)c1ccc(OCC(C)C)cc1. The van der Waals surface area contributed by atoms with Crippen molar-refractivity contribution in [3.05, 3.63) is 65.4 Å². The molecule has 0 fully saturated rings. The van der Waals surface area contributed by atoms with Crippen LogP contribution < -0.4 is 20.3 Å². The van der Waals surface area contributed by atoms with Gasteiger partial charge in [0.25, 0.3) is 11.8 Å². The first kappa shape index (κ1) is 24.8. The maximum atomic E-state index is 12.7. The highest BCUT2D eigenvalue weighted by Crippen LogP contribution is 2.17. The molecule has 7 nitrogen and oxygen atoms in total. The van der Waals surface area contributed by atoms with E-state index in [1.54, 1.807) is 31.2 Å². The van der Waals surface area contributed by atoms with Crippen LogP contribution in [0.1, 0.15) is 36.7 Å². The average molecular weight is 448 g/mol. The molecule has 32 heavy (non-hydrogen) atoms. The number of nitrogens with one attached hydrogen (secondary N) is 2. The van der Waals surface area contributed by atoms with Gasteiger partial charge in [0.05, 0.1) is 13.2 Å². The van der Waals surface area contributed by atoms with Gasteiger partial charge in [0.1, 0.15) is 17.2 Å². The molecule has 2 amide bonds. The van der Waals surface area contributed by atoms with Crippen molar-refractivity contribution in [2.45, 2.75) is 27.4 Å². The molecule has 9 heteroatoms. The third-order valence-electron chi connectivity index (χ3n) is 3.92. The maximum absolute atomic E-state index is 12.7. The lowest BCUT2D eigenvalue weighted by Crippen LogP contribution is -2.34. The monoisotopic (exact) mass is 448 g/mol. The Balaban J connectivity index is 2.16. The molecule has 0 heterocycles. The van der Waals surface area contributed by atoms with Crippen molar-refractivity contribution in [1.82, 2.24) is 10.8 Å². The van der Waals surface area contributed by atoms with Crippen LogP contribution in [0.4, 0.5) is 8.78 Å². The molecule has 0 spiro atoms. The van der Waals surface area contributed by atoms with Crippen molar-refractivity contribution in [2.75, 3.05) is 13.2 Å². The summed E-state index contributed by atoms with van der Waals surface area (Å²) in [7, 11) is 0. The molecule has 0 radical (unpaired) electrons. The first-order valence-corrected chi connectivity index (χ1v) is 10.0. The molecule has 0 bridgehead atoms. The Kier molecular flexibility index (Phi) is 9.62. The summed E-state index contributed by atoms with van der Waals surface area (Å²) in [4.78, 5) is 30.0. The standard InChI is InChI=1S/C23H26F2N2O5/c1-4-31-27-22(29)20(13-16-5-9-19(10-6-16)32-23(24)25)26-21(28)17-7-11-18(12-8-17)30-14-15(2)3/h5-13,15,23H,4,14H2,1-3H3,(H,26,28)(H,27,29)/b20-13-. The van der Waals surface area contributed by atoms with Crippen LogP contribution >= 0.6 is 0 Å². The molecule has 0 aliphatic heterocycles. The van der Waals surface area contributed by atoms with E-state index in [2.05, 4.69) is 15.5 Å². The van der Waals surface area contributed by atoms with E-state index in [1.807, 2.05) is 13.8 Å². The van der Waals surface area contributed by atoms with Gasteiger partial charge in [-0.1, -0.05) is 26.0 Å². The van der Waals surface area contributed by atoms with Crippen LogP contribution in [0.2, 0.25) is 0 Å². The van der Waals surface area contributed by atoms with E-state index in [-0.39, 0.29) is 18.1 Å². The van der Waals surface area contributed by atoms with E-state index in [0.29, 0.717) is 29.4 Å². The van der Waals surface area contributed by atoms with Gasteiger partial charge in [0, 0.05) is 5.56 Å². The van der Waals surface area contributed by atoms with Gasteiger partial charge >= 0.3 is 6.61 Å². The average Bonchev–Trinajstić information content (AvgIpc) is 2.76. The number of ether oxygens (including phenoxy) is 2. The summed E-state index contributed by atoms with van der Waals surface area (Å²) in [6.07, 6.45) is 1.39. The number of carbonyl (C=O) groups is 2. The lowest BCUT2D eigenvalue weighted by Gasteiger charge is -2.12. The van der Waals surface area contributed by atoms with Crippen molar-refractivity contribution < 1.29 is 32.7 Å². The van der Waals surface area contributed by atoms with Crippen LogP contribution in [-0.2, 0) is 9.63 Å². The highest BCUT2D eigenvalue weighted by Gasteiger charge is 2.15. The number of carbonyl (C=O) groups excluding carboxylic acids is 2. The zero-order valence-corrected chi connectivity index (χ0v) is 18.1. The number of hydrogen-bond acceptors (Lipinski definition) is 5. The molecule has 0 aliphatic rings. The van der Waals surface area contributed by atoms with Crippen LogP contribution in [0.25, 0.3) is 6.08 Å². The Labute approximate surface area is 185 Å². The normalized spacial score (nSPS) is 11.4. The third-order valence-corrected chi connectivity index (χ3v) is 3.92. The van der Waals surface area contributed by atoms with E-state index >= 15 is 0 Å².